The van der Waals surface area contributed by atoms with Gasteiger partial charge in [-0.1, -0.05) is 22.9 Å². The zero-order valence-electron chi connectivity index (χ0n) is 10.5. The maximum absolute atomic E-state index is 10.8. The van der Waals surface area contributed by atoms with Crippen molar-refractivity contribution in [2.45, 2.75) is 13.3 Å². The van der Waals surface area contributed by atoms with Crippen molar-refractivity contribution in [1.29, 1.82) is 0 Å². The largest absolute Gasteiger partial charge is 0.478 e. The van der Waals surface area contributed by atoms with E-state index >= 15 is 0 Å². The van der Waals surface area contributed by atoms with Crippen molar-refractivity contribution < 1.29 is 9.90 Å². The lowest BCUT2D eigenvalue weighted by Crippen LogP contribution is -1.98. The Kier molecular flexibility index (Phi) is 4.22. The standard InChI is InChI=1S/C15H14BrNO2/c1-2-10-9-12(16)5-8-14(10)17-13-6-3-11(4-7-13)15(18)19/h3-9,17H,2H2,1H3,(H,18,19). The fraction of sp³-hybridized carbons (Fsp3) is 0.133. The smallest absolute Gasteiger partial charge is 0.335 e. The zero-order chi connectivity index (χ0) is 13.8. The van der Waals surface area contributed by atoms with Gasteiger partial charge < -0.3 is 10.4 Å². The SMILES string of the molecule is CCc1cc(Br)ccc1Nc1ccc(C(=O)O)cc1. The third-order valence-electron chi connectivity index (χ3n) is 2.86. The Hall–Kier alpha value is -1.81. The molecule has 0 aliphatic rings. The molecule has 2 aromatic carbocycles. The molecular weight excluding hydrogens is 306 g/mol. The molecule has 0 spiro atoms. The van der Waals surface area contributed by atoms with E-state index in [4.69, 9.17) is 5.11 Å². The van der Waals surface area contributed by atoms with Crippen LogP contribution in [0, 0.1) is 0 Å². The zero-order valence-corrected chi connectivity index (χ0v) is 12.1. The molecule has 0 fully saturated rings. The number of rotatable bonds is 4. The molecule has 0 saturated carbocycles. The Bertz CT molecular complexity index is 594. The van der Waals surface area contributed by atoms with Gasteiger partial charge in [0, 0.05) is 15.8 Å². The number of carboxylic acid groups (broad SMARTS) is 1. The fourth-order valence-electron chi connectivity index (χ4n) is 1.83. The molecule has 0 saturated heterocycles. The summed E-state index contributed by atoms with van der Waals surface area (Å²) in [5, 5.41) is 12.2. The van der Waals surface area contributed by atoms with Crippen LogP contribution in [0.4, 0.5) is 11.4 Å². The maximum atomic E-state index is 10.8. The van der Waals surface area contributed by atoms with E-state index in [9.17, 15) is 4.79 Å². The first-order valence-electron chi connectivity index (χ1n) is 5.99. The van der Waals surface area contributed by atoms with Crippen LogP contribution in [0.2, 0.25) is 0 Å². The van der Waals surface area contributed by atoms with Crippen LogP contribution in [0.1, 0.15) is 22.8 Å². The molecule has 2 aromatic rings. The van der Waals surface area contributed by atoms with Crippen LogP contribution in [0.15, 0.2) is 46.9 Å². The molecule has 3 nitrogen and oxygen atoms in total. The van der Waals surface area contributed by atoms with Crippen molar-refractivity contribution in [3.8, 4) is 0 Å². The highest BCUT2D eigenvalue weighted by Gasteiger charge is 2.04. The van der Waals surface area contributed by atoms with E-state index in [1.54, 1.807) is 24.3 Å². The number of carboxylic acids is 1. The highest BCUT2D eigenvalue weighted by molar-refractivity contribution is 9.10. The second-order valence-corrected chi connectivity index (χ2v) is 5.08. The molecule has 2 rings (SSSR count). The number of aromatic carboxylic acids is 1. The van der Waals surface area contributed by atoms with Crippen molar-refractivity contribution in [3.05, 3.63) is 58.1 Å². The summed E-state index contributed by atoms with van der Waals surface area (Å²) in [5.41, 5.74) is 3.41. The van der Waals surface area contributed by atoms with Crippen LogP contribution in [0.5, 0.6) is 0 Å². The fourth-order valence-corrected chi connectivity index (χ4v) is 2.24. The van der Waals surface area contributed by atoms with Gasteiger partial charge in [0.1, 0.15) is 0 Å². The Labute approximate surface area is 120 Å². The molecule has 4 heteroatoms. The molecule has 0 amide bonds. The van der Waals surface area contributed by atoms with Crippen LogP contribution in [-0.2, 0) is 6.42 Å². The van der Waals surface area contributed by atoms with E-state index in [2.05, 4.69) is 34.2 Å². The summed E-state index contributed by atoms with van der Waals surface area (Å²) in [6.07, 6.45) is 0.926. The first-order chi connectivity index (χ1) is 9.10. The summed E-state index contributed by atoms with van der Waals surface area (Å²) in [6, 6.07) is 12.8. The van der Waals surface area contributed by atoms with Gasteiger partial charge in [-0.2, -0.15) is 0 Å². The van der Waals surface area contributed by atoms with Crippen LogP contribution in [0.3, 0.4) is 0 Å². The lowest BCUT2D eigenvalue weighted by molar-refractivity contribution is 0.0697. The monoisotopic (exact) mass is 319 g/mol. The molecule has 19 heavy (non-hydrogen) atoms. The normalized spacial score (nSPS) is 10.2. The predicted octanol–water partition coefficient (Wildman–Crippen LogP) is 4.45. The molecule has 0 heterocycles. The number of hydrogen-bond acceptors (Lipinski definition) is 2. The molecule has 98 valence electrons. The summed E-state index contributed by atoms with van der Waals surface area (Å²) in [7, 11) is 0. The second-order valence-electron chi connectivity index (χ2n) is 4.16. The Balaban J connectivity index is 2.23. The maximum Gasteiger partial charge on any atom is 0.335 e. The minimum absolute atomic E-state index is 0.289. The second kappa shape index (κ2) is 5.89. The topological polar surface area (TPSA) is 49.3 Å². The summed E-state index contributed by atoms with van der Waals surface area (Å²) in [4.78, 5) is 10.8. The van der Waals surface area contributed by atoms with E-state index in [-0.39, 0.29) is 5.56 Å². The number of aryl methyl sites for hydroxylation is 1. The Morgan fingerprint density at radius 1 is 1.21 bits per heavy atom. The number of halogens is 1. The van der Waals surface area contributed by atoms with E-state index in [0.29, 0.717) is 0 Å². The minimum Gasteiger partial charge on any atom is -0.478 e. The quantitative estimate of drug-likeness (QED) is 0.875. The van der Waals surface area contributed by atoms with Crippen molar-refractivity contribution >= 4 is 33.3 Å². The number of benzene rings is 2. The third kappa shape index (κ3) is 3.35. The number of carbonyl (C=O) groups is 1. The van der Waals surface area contributed by atoms with Crippen LogP contribution < -0.4 is 5.32 Å². The predicted molar refractivity (Wildman–Crippen MR) is 80.2 cm³/mol. The molecule has 0 aromatic heterocycles. The highest BCUT2D eigenvalue weighted by atomic mass is 79.9. The van der Waals surface area contributed by atoms with E-state index in [1.165, 1.54) is 5.56 Å². The average Bonchev–Trinajstić information content (AvgIpc) is 2.41. The molecule has 0 aliphatic carbocycles. The Morgan fingerprint density at radius 3 is 2.47 bits per heavy atom. The molecular formula is C15H14BrNO2. The van der Waals surface area contributed by atoms with Gasteiger partial charge in [0.2, 0.25) is 0 Å². The minimum atomic E-state index is -0.913. The van der Waals surface area contributed by atoms with Crippen molar-refractivity contribution in [2.75, 3.05) is 5.32 Å². The van der Waals surface area contributed by atoms with E-state index in [0.717, 1.165) is 22.3 Å². The van der Waals surface area contributed by atoms with Gasteiger partial charge in [0.15, 0.2) is 0 Å². The molecule has 0 atom stereocenters. The van der Waals surface area contributed by atoms with Gasteiger partial charge in [-0.05, 0) is 54.4 Å². The van der Waals surface area contributed by atoms with Gasteiger partial charge in [-0.3, -0.25) is 0 Å². The van der Waals surface area contributed by atoms with Crippen LogP contribution >= 0.6 is 15.9 Å². The lowest BCUT2D eigenvalue weighted by Gasteiger charge is -2.11. The summed E-state index contributed by atoms with van der Waals surface area (Å²) < 4.78 is 1.05. The molecule has 0 radical (unpaired) electrons. The van der Waals surface area contributed by atoms with Gasteiger partial charge >= 0.3 is 5.97 Å². The van der Waals surface area contributed by atoms with Gasteiger partial charge in [-0.15, -0.1) is 0 Å². The summed E-state index contributed by atoms with van der Waals surface area (Å²) in [5.74, 6) is -0.913. The molecule has 2 N–H and O–H groups in total. The van der Waals surface area contributed by atoms with Gasteiger partial charge in [0.25, 0.3) is 0 Å². The van der Waals surface area contributed by atoms with Crippen LogP contribution in [-0.4, -0.2) is 11.1 Å². The third-order valence-corrected chi connectivity index (χ3v) is 3.35. The molecule has 0 bridgehead atoms. The van der Waals surface area contributed by atoms with Crippen LogP contribution in [0.25, 0.3) is 0 Å². The first-order valence-corrected chi connectivity index (χ1v) is 6.78. The molecule has 0 aliphatic heterocycles. The van der Waals surface area contributed by atoms with E-state index < -0.39 is 5.97 Å². The average molecular weight is 320 g/mol. The molecule has 0 unspecified atom stereocenters. The Morgan fingerprint density at radius 2 is 1.89 bits per heavy atom. The summed E-state index contributed by atoms with van der Waals surface area (Å²) >= 11 is 3.45. The van der Waals surface area contributed by atoms with Crippen molar-refractivity contribution in [2.24, 2.45) is 0 Å². The van der Waals surface area contributed by atoms with E-state index in [1.807, 2.05) is 12.1 Å². The number of hydrogen-bond donors (Lipinski definition) is 2. The van der Waals surface area contributed by atoms with Crippen molar-refractivity contribution in [3.63, 3.8) is 0 Å². The van der Waals surface area contributed by atoms with Crippen molar-refractivity contribution in [1.82, 2.24) is 0 Å². The summed E-state index contributed by atoms with van der Waals surface area (Å²) in [6.45, 7) is 2.10. The van der Waals surface area contributed by atoms with Gasteiger partial charge in [0.05, 0.1) is 5.56 Å². The highest BCUT2D eigenvalue weighted by Crippen LogP contribution is 2.25. The van der Waals surface area contributed by atoms with Gasteiger partial charge in [-0.25, -0.2) is 4.79 Å². The number of anilines is 2. The first kappa shape index (κ1) is 13.6. The number of nitrogens with one attached hydrogen (secondary N) is 1. The lowest BCUT2D eigenvalue weighted by atomic mass is 10.1.